The first kappa shape index (κ1) is 18.1. The molecule has 1 saturated heterocycles. The molecule has 1 heterocycles. The van der Waals surface area contributed by atoms with Crippen molar-refractivity contribution >= 4 is 5.96 Å². The molecule has 1 aliphatic heterocycles. The number of aliphatic imine (C=N–C) groups is 1. The highest BCUT2D eigenvalue weighted by molar-refractivity contribution is 5.80. The summed E-state index contributed by atoms with van der Waals surface area (Å²) in [7, 11) is 1.73. The molecule has 4 unspecified atom stereocenters. The summed E-state index contributed by atoms with van der Waals surface area (Å²) >= 11 is 0. The fourth-order valence-corrected chi connectivity index (χ4v) is 4.22. The molecule has 3 rings (SSSR count). The molecule has 0 spiro atoms. The van der Waals surface area contributed by atoms with Crippen LogP contribution in [0.3, 0.4) is 0 Å². The predicted molar refractivity (Wildman–Crippen MR) is 94.7 cm³/mol. The first-order chi connectivity index (χ1) is 11.8. The lowest BCUT2D eigenvalue weighted by Gasteiger charge is -2.54. The van der Waals surface area contributed by atoms with Crippen LogP contribution in [-0.4, -0.2) is 38.3 Å². The molecule has 2 N–H and O–H groups in total. The number of rotatable bonds is 4. The van der Waals surface area contributed by atoms with E-state index in [4.69, 9.17) is 4.74 Å². The molecule has 1 aromatic rings. The van der Waals surface area contributed by atoms with Crippen LogP contribution < -0.4 is 10.6 Å². The summed E-state index contributed by atoms with van der Waals surface area (Å²) in [6, 6.07) is 4.03. The van der Waals surface area contributed by atoms with Gasteiger partial charge in [0.25, 0.3) is 0 Å². The van der Waals surface area contributed by atoms with E-state index in [9.17, 15) is 8.78 Å². The van der Waals surface area contributed by atoms with E-state index in [1.165, 1.54) is 12.1 Å². The van der Waals surface area contributed by atoms with Gasteiger partial charge in [-0.25, -0.2) is 8.78 Å². The second-order valence-corrected chi connectivity index (χ2v) is 7.71. The Morgan fingerprint density at radius 1 is 1.40 bits per heavy atom. The van der Waals surface area contributed by atoms with Crippen LogP contribution >= 0.6 is 0 Å². The number of guanidine groups is 1. The first-order valence-electron chi connectivity index (χ1n) is 8.88. The van der Waals surface area contributed by atoms with Crippen molar-refractivity contribution in [1.82, 2.24) is 10.6 Å². The average Bonchev–Trinajstić information content (AvgIpc) is 3.01. The van der Waals surface area contributed by atoms with E-state index in [1.54, 1.807) is 7.05 Å². The topological polar surface area (TPSA) is 45.7 Å². The summed E-state index contributed by atoms with van der Waals surface area (Å²) in [5.74, 6) is 0.0529. The number of fused-ring (bicyclic) bond motifs is 1. The Morgan fingerprint density at radius 3 is 2.84 bits per heavy atom. The number of ether oxygens (including phenoxy) is 1. The van der Waals surface area contributed by atoms with Crippen molar-refractivity contribution in [2.24, 2.45) is 16.3 Å². The average molecular weight is 351 g/mol. The highest BCUT2D eigenvalue weighted by Gasteiger charge is 2.59. The molecule has 0 aromatic heterocycles. The molecule has 138 valence electrons. The Bertz CT molecular complexity index is 662. The van der Waals surface area contributed by atoms with Gasteiger partial charge in [-0.3, -0.25) is 4.99 Å². The van der Waals surface area contributed by atoms with Crippen molar-refractivity contribution in [3.8, 4) is 0 Å². The van der Waals surface area contributed by atoms with Crippen LogP contribution in [0.25, 0.3) is 0 Å². The van der Waals surface area contributed by atoms with Crippen molar-refractivity contribution in [3.05, 3.63) is 35.4 Å². The van der Waals surface area contributed by atoms with Gasteiger partial charge in [0.1, 0.15) is 11.6 Å². The van der Waals surface area contributed by atoms with E-state index >= 15 is 0 Å². The number of hydrogen-bond donors (Lipinski definition) is 2. The maximum atomic E-state index is 13.9. The summed E-state index contributed by atoms with van der Waals surface area (Å²) in [4.78, 5) is 4.29. The lowest BCUT2D eigenvalue weighted by molar-refractivity contribution is -0.106. The smallest absolute Gasteiger partial charge is 0.191 e. The third-order valence-corrected chi connectivity index (χ3v) is 5.69. The molecule has 0 bridgehead atoms. The Labute approximate surface area is 148 Å². The Balaban J connectivity index is 1.58. The van der Waals surface area contributed by atoms with Gasteiger partial charge in [0, 0.05) is 49.6 Å². The summed E-state index contributed by atoms with van der Waals surface area (Å²) < 4.78 is 32.8. The maximum absolute atomic E-state index is 13.9. The summed E-state index contributed by atoms with van der Waals surface area (Å²) in [6.07, 6.45) is 1.38. The monoisotopic (exact) mass is 351 g/mol. The molecular formula is C19H27F2N3O. The minimum Gasteiger partial charge on any atom is -0.377 e. The van der Waals surface area contributed by atoms with Crippen LogP contribution in [0.4, 0.5) is 8.78 Å². The third kappa shape index (κ3) is 3.36. The van der Waals surface area contributed by atoms with Gasteiger partial charge in [-0.15, -0.1) is 0 Å². The number of nitrogens with one attached hydrogen (secondary N) is 2. The molecule has 1 aromatic carbocycles. The van der Waals surface area contributed by atoms with Gasteiger partial charge >= 0.3 is 0 Å². The molecule has 1 saturated carbocycles. The second-order valence-electron chi connectivity index (χ2n) is 7.71. The molecule has 2 aliphatic rings. The fourth-order valence-electron chi connectivity index (χ4n) is 4.22. The van der Waals surface area contributed by atoms with Gasteiger partial charge in [-0.05, 0) is 18.1 Å². The number of halogens is 2. The van der Waals surface area contributed by atoms with E-state index in [2.05, 4.69) is 29.5 Å². The molecule has 25 heavy (non-hydrogen) atoms. The zero-order chi connectivity index (χ0) is 18.2. The largest absolute Gasteiger partial charge is 0.377 e. The summed E-state index contributed by atoms with van der Waals surface area (Å²) in [5.41, 5.74) is 0.561. The molecule has 0 radical (unpaired) electrons. The van der Waals surface area contributed by atoms with E-state index in [1.807, 2.05) is 6.92 Å². The maximum Gasteiger partial charge on any atom is 0.191 e. The zero-order valence-electron chi connectivity index (χ0n) is 15.3. The van der Waals surface area contributed by atoms with Crippen molar-refractivity contribution in [2.45, 2.75) is 45.3 Å². The first-order valence-corrected chi connectivity index (χ1v) is 8.88. The molecular weight excluding hydrogens is 324 g/mol. The van der Waals surface area contributed by atoms with Crippen LogP contribution in [0.5, 0.6) is 0 Å². The van der Waals surface area contributed by atoms with Crippen molar-refractivity contribution < 1.29 is 13.5 Å². The van der Waals surface area contributed by atoms with Crippen molar-refractivity contribution in [1.29, 1.82) is 0 Å². The van der Waals surface area contributed by atoms with Gasteiger partial charge in [-0.2, -0.15) is 0 Å². The van der Waals surface area contributed by atoms with E-state index in [0.717, 1.165) is 19.1 Å². The SMILES string of the molecule is CN=C(NCC(C)c1ccc(F)cc1F)NC1C2CCOC2C1(C)C. The Morgan fingerprint density at radius 2 is 2.16 bits per heavy atom. The molecule has 0 amide bonds. The van der Waals surface area contributed by atoms with Crippen molar-refractivity contribution in [3.63, 3.8) is 0 Å². The van der Waals surface area contributed by atoms with Crippen LogP contribution in [0, 0.1) is 23.0 Å². The zero-order valence-corrected chi connectivity index (χ0v) is 15.3. The quantitative estimate of drug-likeness (QED) is 0.647. The Kier molecular flexibility index (Phi) is 5.00. The lowest BCUT2D eigenvalue weighted by atomic mass is 9.57. The normalized spacial score (nSPS) is 28.9. The lowest BCUT2D eigenvalue weighted by Crippen LogP contribution is -2.68. The van der Waals surface area contributed by atoms with E-state index in [0.29, 0.717) is 36.1 Å². The highest BCUT2D eigenvalue weighted by Crippen LogP contribution is 2.52. The predicted octanol–water partition coefficient (Wildman–Crippen LogP) is 3.05. The molecule has 4 nitrogen and oxygen atoms in total. The number of hydrogen-bond acceptors (Lipinski definition) is 2. The van der Waals surface area contributed by atoms with Gasteiger partial charge in [0.2, 0.25) is 0 Å². The molecule has 6 heteroatoms. The molecule has 1 aliphatic carbocycles. The van der Waals surface area contributed by atoms with Gasteiger partial charge in [-0.1, -0.05) is 26.8 Å². The van der Waals surface area contributed by atoms with Gasteiger partial charge in [0.05, 0.1) is 6.10 Å². The molecule has 2 fully saturated rings. The van der Waals surface area contributed by atoms with Gasteiger partial charge < -0.3 is 15.4 Å². The minimum absolute atomic E-state index is 0.0630. The summed E-state index contributed by atoms with van der Waals surface area (Å²) in [6.45, 7) is 7.66. The second kappa shape index (κ2) is 6.90. The van der Waals surface area contributed by atoms with Crippen LogP contribution in [0.2, 0.25) is 0 Å². The van der Waals surface area contributed by atoms with Crippen molar-refractivity contribution in [2.75, 3.05) is 20.2 Å². The summed E-state index contributed by atoms with van der Waals surface area (Å²) in [5, 5.41) is 6.76. The number of benzene rings is 1. The van der Waals surface area contributed by atoms with E-state index < -0.39 is 11.6 Å². The minimum atomic E-state index is -0.556. The van der Waals surface area contributed by atoms with E-state index in [-0.39, 0.29) is 11.3 Å². The molecule has 4 atom stereocenters. The van der Waals surface area contributed by atoms with Gasteiger partial charge in [0.15, 0.2) is 5.96 Å². The fraction of sp³-hybridized carbons (Fsp3) is 0.632. The van der Waals surface area contributed by atoms with Crippen LogP contribution in [0.15, 0.2) is 23.2 Å². The Hall–Kier alpha value is -1.69. The van der Waals surface area contributed by atoms with Crippen LogP contribution in [0.1, 0.15) is 38.7 Å². The standard InChI is InChI=1S/C19H27F2N3O/c1-11(13-6-5-12(20)9-15(13)21)10-23-18(22-4)24-16-14-7-8-25-17(14)19(16,2)3/h5-6,9,11,14,16-17H,7-8,10H2,1-4H3,(H2,22,23,24). The highest BCUT2D eigenvalue weighted by atomic mass is 19.1. The third-order valence-electron chi connectivity index (χ3n) is 5.69. The number of nitrogens with zero attached hydrogens (tertiary/aromatic N) is 1. The van der Waals surface area contributed by atoms with Crippen LogP contribution in [-0.2, 0) is 4.74 Å².